The summed E-state index contributed by atoms with van der Waals surface area (Å²) in [5.41, 5.74) is 4.32. The summed E-state index contributed by atoms with van der Waals surface area (Å²) in [7, 11) is 0. The summed E-state index contributed by atoms with van der Waals surface area (Å²) in [5.74, 6) is 0.603. The van der Waals surface area contributed by atoms with Gasteiger partial charge in [0.15, 0.2) is 0 Å². The van der Waals surface area contributed by atoms with Crippen molar-refractivity contribution in [3.63, 3.8) is 0 Å². The largest absolute Gasteiger partial charge is 0.297 e. The van der Waals surface area contributed by atoms with Gasteiger partial charge in [-0.2, -0.15) is 5.48 Å². The molecule has 0 aliphatic rings. The van der Waals surface area contributed by atoms with Crippen LogP contribution in [-0.2, 0) is 11.4 Å². The molecule has 0 aromatic heterocycles. The van der Waals surface area contributed by atoms with Gasteiger partial charge in [-0.1, -0.05) is 51.1 Å². The lowest BCUT2D eigenvalue weighted by molar-refractivity contribution is -0.00785. The molecule has 0 radical (unpaired) electrons. The second-order valence-electron chi connectivity index (χ2n) is 4.15. The van der Waals surface area contributed by atoms with Gasteiger partial charge >= 0.3 is 0 Å². The molecule has 0 spiro atoms. The zero-order chi connectivity index (χ0) is 11.1. The van der Waals surface area contributed by atoms with Crippen molar-refractivity contribution in [2.45, 2.75) is 39.8 Å². The molecule has 1 rings (SSSR count). The van der Waals surface area contributed by atoms with E-state index in [1.54, 1.807) is 0 Å². The van der Waals surface area contributed by atoms with Crippen LogP contribution < -0.4 is 5.48 Å². The summed E-state index contributed by atoms with van der Waals surface area (Å²) < 4.78 is 0. The molecule has 0 aliphatic heterocycles. The Morgan fingerprint density at radius 1 is 1.20 bits per heavy atom. The molecule has 1 unspecified atom stereocenters. The van der Waals surface area contributed by atoms with Crippen molar-refractivity contribution in [1.29, 1.82) is 0 Å². The molecule has 0 heterocycles. The Kier molecular flexibility index (Phi) is 5.37. The van der Waals surface area contributed by atoms with Crippen molar-refractivity contribution in [3.8, 4) is 0 Å². The van der Waals surface area contributed by atoms with Gasteiger partial charge in [0.25, 0.3) is 0 Å². The van der Waals surface area contributed by atoms with E-state index in [0.29, 0.717) is 18.6 Å². The number of hydrogen-bond acceptors (Lipinski definition) is 2. The lowest BCUT2D eigenvalue weighted by Crippen LogP contribution is -2.33. The Morgan fingerprint density at radius 3 is 2.40 bits per heavy atom. The van der Waals surface area contributed by atoms with E-state index < -0.39 is 0 Å². The predicted octanol–water partition coefficient (Wildman–Crippen LogP) is 3.14. The molecule has 1 aromatic rings. The maximum Gasteiger partial charge on any atom is 0.0933 e. The second-order valence-corrected chi connectivity index (χ2v) is 4.15. The highest BCUT2D eigenvalue weighted by Gasteiger charge is 2.09. The number of benzene rings is 1. The molecule has 1 atom stereocenters. The molecule has 0 bridgehead atoms. The zero-order valence-electron chi connectivity index (χ0n) is 9.86. The van der Waals surface area contributed by atoms with Crippen molar-refractivity contribution in [2.24, 2.45) is 5.92 Å². The zero-order valence-corrected chi connectivity index (χ0v) is 9.86. The van der Waals surface area contributed by atoms with Crippen LogP contribution in [0.2, 0.25) is 0 Å². The maximum atomic E-state index is 5.48. The molecular weight excluding hydrogens is 186 g/mol. The van der Waals surface area contributed by atoms with Gasteiger partial charge in [0.2, 0.25) is 0 Å². The molecule has 1 N–H and O–H groups in total. The first-order chi connectivity index (χ1) is 7.24. The monoisotopic (exact) mass is 207 g/mol. The SMILES string of the molecule is CCC(NOCc1ccccc1)C(C)C. The highest BCUT2D eigenvalue weighted by Crippen LogP contribution is 2.06. The fourth-order valence-corrected chi connectivity index (χ4v) is 1.50. The van der Waals surface area contributed by atoms with E-state index in [9.17, 15) is 0 Å². The molecule has 0 amide bonds. The van der Waals surface area contributed by atoms with E-state index in [0.717, 1.165) is 6.42 Å². The topological polar surface area (TPSA) is 21.3 Å². The van der Waals surface area contributed by atoms with E-state index in [2.05, 4.69) is 38.4 Å². The Hall–Kier alpha value is -0.860. The quantitative estimate of drug-likeness (QED) is 0.724. The van der Waals surface area contributed by atoms with Gasteiger partial charge in [-0.25, -0.2) is 0 Å². The smallest absolute Gasteiger partial charge is 0.0933 e. The first-order valence-corrected chi connectivity index (χ1v) is 5.65. The fraction of sp³-hybridized carbons (Fsp3) is 0.538. The molecule has 1 aromatic carbocycles. The van der Waals surface area contributed by atoms with Gasteiger partial charge in [-0.05, 0) is 17.9 Å². The van der Waals surface area contributed by atoms with Crippen LogP contribution in [0.15, 0.2) is 30.3 Å². The minimum absolute atomic E-state index is 0.439. The molecule has 84 valence electrons. The Bertz CT molecular complexity index is 258. The molecule has 2 nitrogen and oxygen atoms in total. The summed E-state index contributed by atoms with van der Waals surface area (Å²) in [6.45, 7) is 7.20. The second kappa shape index (κ2) is 6.59. The minimum Gasteiger partial charge on any atom is -0.297 e. The van der Waals surface area contributed by atoms with Crippen LogP contribution in [-0.4, -0.2) is 6.04 Å². The Balaban J connectivity index is 2.27. The van der Waals surface area contributed by atoms with Crippen molar-refractivity contribution in [1.82, 2.24) is 5.48 Å². The van der Waals surface area contributed by atoms with E-state index >= 15 is 0 Å². The highest BCUT2D eigenvalue weighted by atomic mass is 16.6. The Labute approximate surface area is 92.6 Å². The van der Waals surface area contributed by atoms with Crippen molar-refractivity contribution < 1.29 is 4.84 Å². The first-order valence-electron chi connectivity index (χ1n) is 5.65. The van der Waals surface area contributed by atoms with Gasteiger partial charge in [-0.15, -0.1) is 0 Å². The van der Waals surface area contributed by atoms with E-state index in [1.165, 1.54) is 5.56 Å². The molecule has 0 fully saturated rings. The molecule has 15 heavy (non-hydrogen) atoms. The van der Waals surface area contributed by atoms with Crippen LogP contribution in [0, 0.1) is 5.92 Å². The Morgan fingerprint density at radius 2 is 1.87 bits per heavy atom. The van der Waals surface area contributed by atoms with Gasteiger partial charge in [-0.3, -0.25) is 4.84 Å². The number of nitrogens with one attached hydrogen (secondary N) is 1. The van der Waals surface area contributed by atoms with Gasteiger partial charge in [0, 0.05) is 6.04 Å². The third-order valence-electron chi connectivity index (χ3n) is 2.56. The minimum atomic E-state index is 0.439. The van der Waals surface area contributed by atoms with Crippen molar-refractivity contribution in [2.75, 3.05) is 0 Å². The van der Waals surface area contributed by atoms with Crippen LogP contribution in [0.1, 0.15) is 32.8 Å². The van der Waals surface area contributed by atoms with Crippen LogP contribution in [0.4, 0.5) is 0 Å². The summed E-state index contributed by atoms with van der Waals surface area (Å²) in [5, 5.41) is 0. The average molecular weight is 207 g/mol. The van der Waals surface area contributed by atoms with Crippen molar-refractivity contribution in [3.05, 3.63) is 35.9 Å². The molecule has 0 saturated carbocycles. The standard InChI is InChI=1S/C13H21NO/c1-4-13(11(2)3)14-15-10-12-8-6-5-7-9-12/h5-9,11,13-14H,4,10H2,1-3H3. The highest BCUT2D eigenvalue weighted by molar-refractivity contribution is 5.13. The van der Waals surface area contributed by atoms with Crippen LogP contribution in [0.3, 0.4) is 0 Å². The van der Waals surface area contributed by atoms with Crippen LogP contribution >= 0.6 is 0 Å². The number of hydroxylamine groups is 1. The normalized spacial score (nSPS) is 13.1. The summed E-state index contributed by atoms with van der Waals surface area (Å²) in [4.78, 5) is 5.48. The van der Waals surface area contributed by atoms with Crippen LogP contribution in [0.25, 0.3) is 0 Å². The number of rotatable bonds is 6. The van der Waals surface area contributed by atoms with Gasteiger partial charge in [0.1, 0.15) is 0 Å². The van der Waals surface area contributed by atoms with Crippen LogP contribution in [0.5, 0.6) is 0 Å². The fourth-order valence-electron chi connectivity index (χ4n) is 1.50. The molecular formula is C13H21NO. The van der Waals surface area contributed by atoms with Crippen molar-refractivity contribution >= 4 is 0 Å². The molecule has 0 aliphatic carbocycles. The van der Waals surface area contributed by atoms with Gasteiger partial charge in [0.05, 0.1) is 6.61 Å². The maximum absolute atomic E-state index is 5.48. The van der Waals surface area contributed by atoms with E-state index in [4.69, 9.17) is 4.84 Å². The lowest BCUT2D eigenvalue weighted by atomic mass is 10.0. The molecule has 0 saturated heterocycles. The average Bonchev–Trinajstić information content (AvgIpc) is 2.25. The summed E-state index contributed by atoms with van der Waals surface area (Å²) in [6, 6.07) is 10.6. The van der Waals surface area contributed by atoms with Gasteiger partial charge < -0.3 is 0 Å². The van der Waals surface area contributed by atoms with E-state index in [-0.39, 0.29) is 0 Å². The lowest BCUT2D eigenvalue weighted by Gasteiger charge is -2.20. The summed E-state index contributed by atoms with van der Waals surface area (Å²) >= 11 is 0. The third-order valence-corrected chi connectivity index (χ3v) is 2.56. The predicted molar refractivity (Wildman–Crippen MR) is 63.3 cm³/mol. The summed E-state index contributed by atoms with van der Waals surface area (Å²) in [6.07, 6.45) is 1.09. The first kappa shape index (κ1) is 12.2. The molecule has 2 heteroatoms. The van der Waals surface area contributed by atoms with E-state index in [1.807, 2.05) is 18.2 Å². The number of hydrogen-bond donors (Lipinski definition) is 1. The third kappa shape index (κ3) is 4.45.